The Hall–Kier alpha value is -1.31. The summed E-state index contributed by atoms with van der Waals surface area (Å²) in [6.45, 7) is 8.88. The van der Waals surface area contributed by atoms with Gasteiger partial charge >= 0.3 is 0 Å². The van der Waals surface area contributed by atoms with Crippen molar-refractivity contribution in [1.29, 1.82) is 0 Å². The lowest BCUT2D eigenvalue weighted by atomic mass is 10.1. The van der Waals surface area contributed by atoms with E-state index in [0.717, 1.165) is 23.2 Å². The summed E-state index contributed by atoms with van der Waals surface area (Å²) in [6, 6.07) is 3.71. The average Bonchev–Trinajstić information content (AvgIpc) is 2.15. The molecule has 0 saturated carbocycles. The van der Waals surface area contributed by atoms with Crippen molar-refractivity contribution in [2.45, 2.75) is 27.7 Å². The lowest BCUT2D eigenvalue weighted by molar-refractivity contribution is 0.112. The normalized spacial score (nSPS) is 10.5. The van der Waals surface area contributed by atoms with Crippen LogP contribution in [0, 0.1) is 19.8 Å². The van der Waals surface area contributed by atoms with E-state index >= 15 is 0 Å². The van der Waals surface area contributed by atoms with Crippen LogP contribution in [0.3, 0.4) is 0 Å². The third-order valence-corrected chi connectivity index (χ3v) is 2.18. The average molecular weight is 206 g/mol. The number of rotatable bonds is 4. The van der Waals surface area contributed by atoms with E-state index in [1.165, 1.54) is 0 Å². The van der Waals surface area contributed by atoms with Crippen molar-refractivity contribution in [2.24, 2.45) is 5.92 Å². The maximum atomic E-state index is 10.6. The molecule has 0 heterocycles. The molecule has 0 saturated heterocycles. The van der Waals surface area contributed by atoms with Crippen LogP contribution in [-0.4, -0.2) is 12.9 Å². The number of benzene rings is 1. The van der Waals surface area contributed by atoms with Crippen LogP contribution in [0.2, 0.25) is 0 Å². The molecule has 15 heavy (non-hydrogen) atoms. The van der Waals surface area contributed by atoms with Crippen molar-refractivity contribution in [3.8, 4) is 5.75 Å². The molecule has 0 spiro atoms. The van der Waals surface area contributed by atoms with Crippen LogP contribution < -0.4 is 4.74 Å². The minimum absolute atomic E-state index is 0.509. The van der Waals surface area contributed by atoms with Gasteiger partial charge in [-0.25, -0.2) is 0 Å². The lowest BCUT2D eigenvalue weighted by Crippen LogP contribution is -2.06. The molecule has 0 aliphatic rings. The van der Waals surface area contributed by atoms with E-state index in [1.807, 2.05) is 26.0 Å². The fourth-order valence-corrected chi connectivity index (χ4v) is 1.53. The Morgan fingerprint density at radius 3 is 2.20 bits per heavy atom. The molecule has 0 unspecified atom stereocenters. The van der Waals surface area contributed by atoms with E-state index in [2.05, 4.69) is 13.8 Å². The third-order valence-electron chi connectivity index (χ3n) is 2.18. The first-order valence-corrected chi connectivity index (χ1v) is 5.23. The minimum Gasteiger partial charge on any atom is -0.493 e. The molecule has 0 radical (unpaired) electrons. The van der Waals surface area contributed by atoms with Gasteiger partial charge in [0.1, 0.15) is 12.0 Å². The van der Waals surface area contributed by atoms with Crippen molar-refractivity contribution in [1.82, 2.24) is 0 Å². The fourth-order valence-electron chi connectivity index (χ4n) is 1.53. The highest BCUT2D eigenvalue weighted by Gasteiger charge is 2.06. The summed E-state index contributed by atoms with van der Waals surface area (Å²) in [5.74, 6) is 1.42. The molecule has 0 bridgehead atoms. The monoisotopic (exact) mass is 206 g/mol. The number of hydrogen-bond acceptors (Lipinski definition) is 2. The summed E-state index contributed by atoms with van der Waals surface area (Å²) in [6.07, 6.45) is 0.867. The van der Waals surface area contributed by atoms with Crippen LogP contribution >= 0.6 is 0 Å². The standard InChI is InChI=1S/C13H18O2/c1-9(2)8-15-13-10(3)5-12(7-14)6-11(13)4/h5-7,9H,8H2,1-4H3. The summed E-state index contributed by atoms with van der Waals surface area (Å²) in [5.41, 5.74) is 2.76. The summed E-state index contributed by atoms with van der Waals surface area (Å²) < 4.78 is 5.71. The second-order valence-corrected chi connectivity index (χ2v) is 4.31. The van der Waals surface area contributed by atoms with Gasteiger partial charge in [0.25, 0.3) is 0 Å². The molecule has 0 aromatic heterocycles. The molecule has 0 N–H and O–H groups in total. The maximum absolute atomic E-state index is 10.6. The van der Waals surface area contributed by atoms with Crippen molar-refractivity contribution >= 4 is 6.29 Å². The predicted molar refractivity (Wildman–Crippen MR) is 61.6 cm³/mol. The number of ether oxygens (including phenoxy) is 1. The molecule has 0 amide bonds. The van der Waals surface area contributed by atoms with Crippen molar-refractivity contribution in [3.05, 3.63) is 28.8 Å². The summed E-state index contributed by atoms with van der Waals surface area (Å²) in [4.78, 5) is 10.6. The van der Waals surface area contributed by atoms with Gasteiger partial charge in [-0.2, -0.15) is 0 Å². The zero-order valence-electron chi connectivity index (χ0n) is 9.83. The first-order chi connectivity index (χ1) is 7.04. The highest BCUT2D eigenvalue weighted by Crippen LogP contribution is 2.24. The highest BCUT2D eigenvalue weighted by atomic mass is 16.5. The molecule has 1 aromatic carbocycles. The van der Waals surface area contributed by atoms with E-state index in [1.54, 1.807) is 0 Å². The Morgan fingerprint density at radius 2 is 1.80 bits per heavy atom. The van der Waals surface area contributed by atoms with E-state index in [0.29, 0.717) is 18.1 Å². The molecule has 1 rings (SSSR count). The van der Waals surface area contributed by atoms with Gasteiger partial charge in [0.05, 0.1) is 6.61 Å². The zero-order valence-corrected chi connectivity index (χ0v) is 9.83. The number of aryl methyl sites for hydroxylation is 2. The van der Waals surface area contributed by atoms with E-state index in [-0.39, 0.29) is 0 Å². The highest BCUT2D eigenvalue weighted by molar-refractivity contribution is 5.76. The van der Waals surface area contributed by atoms with Crippen molar-refractivity contribution in [3.63, 3.8) is 0 Å². The van der Waals surface area contributed by atoms with Crippen LogP contribution in [-0.2, 0) is 0 Å². The lowest BCUT2D eigenvalue weighted by Gasteiger charge is -2.14. The predicted octanol–water partition coefficient (Wildman–Crippen LogP) is 3.15. The summed E-state index contributed by atoms with van der Waals surface area (Å²) >= 11 is 0. The molecule has 0 aliphatic heterocycles. The fraction of sp³-hybridized carbons (Fsp3) is 0.462. The maximum Gasteiger partial charge on any atom is 0.150 e. The molecule has 0 fully saturated rings. The largest absolute Gasteiger partial charge is 0.493 e. The first kappa shape index (κ1) is 11.8. The zero-order chi connectivity index (χ0) is 11.4. The number of carbonyl (C=O) groups is 1. The molecule has 82 valence electrons. The van der Waals surface area contributed by atoms with Gasteiger partial charge in [-0.15, -0.1) is 0 Å². The quantitative estimate of drug-likeness (QED) is 0.707. The van der Waals surface area contributed by atoms with E-state index < -0.39 is 0 Å². The molecular weight excluding hydrogens is 188 g/mol. The van der Waals surface area contributed by atoms with Gasteiger partial charge in [-0.1, -0.05) is 13.8 Å². The minimum atomic E-state index is 0.509. The van der Waals surface area contributed by atoms with Gasteiger partial charge in [0.15, 0.2) is 0 Å². The van der Waals surface area contributed by atoms with Gasteiger partial charge in [-0.3, -0.25) is 4.79 Å². The first-order valence-electron chi connectivity index (χ1n) is 5.23. The number of carbonyl (C=O) groups excluding carboxylic acids is 1. The SMILES string of the molecule is Cc1cc(C=O)cc(C)c1OCC(C)C. The molecule has 2 heteroatoms. The molecule has 1 aromatic rings. The van der Waals surface area contributed by atoms with Gasteiger partial charge in [-0.05, 0) is 43.0 Å². The van der Waals surface area contributed by atoms with Gasteiger partial charge in [0, 0.05) is 5.56 Å². The van der Waals surface area contributed by atoms with Crippen LogP contribution in [0.4, 0.5) is 0 Å². The molecular formula is C13H18O2. The number of hydrogen-bond donors (Lipinski definition) is 0. The van der Waals surface area contributed by atoms with Crippen LogP contribution in [0.1, 0.15) is 35.3 Å². The van der Waals surface area contributed by atoms with Crippen molar-refractivity contribution in [2.75, 3.05) is 6.61 Å². The third kappa shape index (κ3) is 3.08. The number of aldehydes is 1. The Labute approximate surface area is 91.3 Å². The second-order valence-electron chi connectivity index (χ2n) is 4.31. The van der Waals surface area contributed by atoms with E-state index in [9.17, 15) is 4.79 Å². The Balaban J connectivity index is 2.93. The molecule has 0 aliphatic carbocycles. The van der Waals surface area contributed by atoms with Crippen LogP contribution in [0.15, 0.2) is 12.1 Å². The second kappa shape index (κ2) is 4.96. The Morgan fingerprint density at radius 1 is 1.27 bits per heavy atom. The smallest absolute Gasteiger partial charge is 0.150 e. The van der Waals surface area contributed by atoms with Crippen LogP contribution in [0.5, 0.6) is 5.75 Å². The Kier molecular flexibility index (Phi) is 3.89. The molecule has 2 nitrogen and oxygen atoms in total. The van der Waals surface area contributed by atoms with Crippen LogP contribution in [0.25, 0.3) is 0 Å². The van der Waals surface area contributed by atoms with Gasteiger partial charge < -0.3 is 4.74 Å². The topological polar surface area (TPSA) is 26.3 Å². The molecule has 0 atom stereocenters. The van der Waals surface area contributed by atoms with E-state index in [4.69, 9.17) is 4.74 Å². The van der Waals surface area contributed by atoms with Gasteiger partial charge in [0.2, 0.25) is 0 Å². The summed E-state index contributed by atoms with van der Waals surface area (Å²) in [5, 5.41) is 0. The summed E-state index contributed by atoms with van der Waals surface area (Å²) in [7, 11) is 0. The van der Waals surface area contributed by atoms with Crippen molar-refractivity contribution < 1.29 is 9.53 Å². The Bertz CT molecular complexity index is 331.